The van der Waals surface area contributed by atoms with Crippen LogP contribution in [0.25, 0.3) is 0 Å². The van der Waals surface area contributed by atoms with Gasteiger partial charge in [0, 0.05) is 0 Å². The first kappa shape index (κ1) is 9.42. The van der Waals surface area contributed by atoms with Crippen molar-refractivity contribution in [1.82, 2.24) is 20.6 Å². The van der Waals surface area contributed by atoms with Gasteiger partial charge in [-0.25, -0.2) is 9.26 Å². The van der Waals surface area contributed by atoms with E-state index in [1.807, 2.05) is 0 Å². The molecule has 76 valence electrons. The summed E-state index contributed by atoms with van der Waals surface area (Å²) in [7, 11) is 0. The molecule has 0 radical (unpaired) electrons. The standard InChI is InChI=1S/C6N8O2/c7-1-3-5(13-15-11-3)9-10-6-4(2-8)12-16-14-6. The molecule has 0 saturated heterocycles. The summed E-state index contributed by atoms with van der Waals surface area (Å²) in [6, 6.07) is 3.38. The summed E-state index contributed by atoms with van der Waals surface area (Å²) in [5.41, 5.74) is -0.252. The van der Waals surface area contributed by atoms with Crippen molar-refractivity contribution in [1.29, 1.82) is 10.5 Å². The highest BCUT2D eigenvalue weighted by Crippen LogP contribution is 2.18. The molecule has 0 aliphatic carbocycles. The van der Waals surface area contributed by atoms with Gasteiger partial charge in [-0.05, 0) is 20.6 Å². The first-order valence-corrected chi connectivity index (χ1v) is 3.72. The van der Waals surface area contributed by atoms with Gasteiger partial charge in [-0.15, -0.1) is 10.2 Å². The van der Waals surface area contributed by atoms with Crippen LogP contribution >= 0.6 is 0 Å². The smallest absolute Gasteiger partial charge is 0.241 e. The topological polar surface area (TPSA) is 150 Å². The second-order valence-corrected chi connectivity index (χ2v) is 2.30. The van der Waals surface area contributed by atoms with E-state index >= 15 is 0 Å². The van der Waals surface area contributed by atoms with Gasteiger partial charge in [0.25, 0.3) is 11.6 Å². The molecule has 0 N–H and O–H groups in total. The first-order valence-electron chi connectivity index (χ1n) is 3.72. The van der Waals surface area contributed by atoms with Crippen LogP contribution in [0.15, 0.2) is 19.5 Å². The number of hydrogen-bond acceptors (Lipinski definition) is 10. The number of hydrogen-bond donors (Lipinski definition) is 0. The predicted octanol–water partition coefficient (Wildman–Crippen LogP) is 0.611. The molecular weight excluding hydrogens is 216 g/mol. The van der Waals surface area contributed by atoms with E-state index in [0.717, 1.165) is 0 Å². The molecule has 2 heterocycles. The number of rotatable bonds is 2. The maximum Gasteiger partial charge on any atom is 0.256 e. The second kappa shape index (κ2) is 3.93. The highest BCUT2D eigenvalue weighted by atomic mass is 16.6. The fourth-order valence-corrected chi connectivity index (χ4v) is 0.735. The summed E-state index contributed by atoms with van der Waals surface area (Å²) in [6.45, 7) is 0. The Morgan fingerprint density at radius 2 is 1.25 bits per heavy atom. The molecule has 0 bridgehead atoms. The fourth-order valence-electron chi connectivity index (χ4n) is 0.735. The van der Waals surface area contributed by atoms with Crippen LogP contribution in [0.5, 0.6) is 0 Å². The molecular formula is C6N8O2. The van der Waals surface area contributed by atoms with Crippen molar-refractivity contribution in [3.8, 4) is 12.1 Å². The van der Waals surface area contributed by atoms with E-state index in [0.29, 0.717) is 0 Å². The Morgan fingerprint density at radius 1 is 0.812 bits per heavy atom. The van der Waals surface area contributed by atoms with Gasteiger partial charge in [-0.2, -0.15) is 10.5 Å². The molecule has 2 rings (SSSR count). The van der Waals surface area contributed by atoms with E-state index in [2.05, 4.69) is 40.1 Å². The normalized spacial score (nSPS) is 10.1. The monoisotopic (exact) mass is 216 g/mol. The van der Waals surface area contributed by atoms with Crippen molar-refractivity contribution < 1.29 is 9.26 Å². The van der Waals surface area contributed by atoms with Crippen LogP contribution in [0.1, 0.15) is 11.4 Å². The van der Waals surface area contributed by atoms with Gasteiger partial charge < -0.3 is 0 Å². The zero-order valence-corrected chi connectivity index (χ0v) is 7.39. The second-order valence-electron chi connectivity index (χ2n) is 2.30. The average molecular weight is 216 g/mol. The molecule has 0 aromatic carbocycles. The lowest BCUT2D eigenvalue weighted by molar-refractivity contribution is 0.306. The number of nitrogens with zero attached hydrogens (tertiary/aromatic N) is 8. The van der Waals surface area contributed by atoms with E-state index in [1.54, 1.807) is 12.1 Å². The molecule has 10 heteroatoms. The molecule has 10 nitrogen and oxygen atoms in total. The Balaban J connectivity index is 2.30. The van der Waals surface area contributed by atoms with Crippen LogP contribution < -0.4 is 0 Å². The number of aromatic nitrogens is 4. The lowest BCUT2D eigenvalue weighted by Gasteiger charge is -1.79. The zero-order chi connectivity index (χ0) is 11.4. The third kappa shape index (κ3) is 1.58. The molecule has 0 fully saturated rings. The third-order valence-corrected chi connectivity index (χ3v) is 1.39. The molecule has 0 amide bonds. The van der Waals surface area contributed by atoms with E-state index in [4.69, 9.17) is 10.5 Å². The summed E-state index contributed by atoms with van der Waals surface area (Å²) in [4.78, 5) is 0. The minimum Gasteiger partial charge on any atom is -0.241 e. The van der Waals surface area contributed by atoms with Gasteiger partial charge >= 0.3 is 0 Å². The van der Waals surface area contributed by atoms with E-state index in [1.165, 1.54) is 0 Å². The molecule has 0 aliphatic heterocycles. The fraction of sp³-hybridized carbons (Fsp3) is 0. The van der Waals surface area contributed by atoms with Gasteiger partial charge in [0.15, 0.2) is 0 Å². The Hall–Kier alpha value is -3.14. The Bertz CT molecular complexity index is 557. The van der Waals surface area contributed by atoms with Crippen LogP contribution in [-0.4, -0.2) is 20.6 Å². The van der Waals surface area contributed by atoms with E-state index in [-0.39, 0.29) is 23.0 Å². The van der Waals surface area contributed by atoms with Crippen molar-refractivity contribution in [2.75, 3.05) is 0 Å². The third-order valence-electron chi connectivity index (χ3n) is 1.39. The summed E-state index contributed by atoms with van der Waals surface area (Å²) >= 11 is 0. The van der Waals surface area contributed by atoms with Crippen LogP contribution in [0.3, 0.4) is 0 Å². The van der Waals surface area contributed by atoms with Crippen molar-refractivity contribution in [2.24, 2.45) is 10.2 Å². The van der Waals surface area contributed by atoms with E-state index in [9.17, 15) is 0 Å². The molecule has 0 unspecified atom stereocenters. The zero-order valence-electron chi connectivity index (χ0n) is 7.39. The molecule has 0 atom stereocenters. The lowest BCUT2D eigenvalue weighted by atomic mass is 10.5. The Morgan fingerprint density at radius 3 is 1.62 bits per heavy atom. The Kier molecular flexibility index (Phi) is 2.31. The minimum absolute atomic E-state index is 0.116. The van der Waals surface area contributed by atoms with Crippen molar-refractivity contribution in [2.45, 2.75) is 0 Å². The average Bonchev–Trinajstić information content (AvgIpc) is 2.94. The highest BCUT2D eigenvalue weighted by Gasteiger charge is 2.11. The molecule has 2 aromatic heterocycles. The highest BCUT2D eigenvalue weighted by molar-refractivity contribution is 5.42. The van der Waals surface area contributed by atoms with Crippen molar-refractivity contribution in [3.05, 3.63) is 11.4 Å². The lowest BCUT2D eigenvalue weighted by Crippen LogP contribution is -1.73. The summed E-state index contributed by atoms with van der Waals surface area (Å²) in [6.07, 6.45) is 0. The molecule has 0 spiro atoms. The molecule has 16 heavy (non-hydrogen) atoms. The molecule has 0 saturated carbocycles. The number of nitriles is 2. The first-order chi connectivity index (χ1) is 7.85. The molecule has 0 aliphatic rings. The van der Waals surface area contributed by atoms with Gasteiger partial charge in [0.1, 0.15) is 12.1 Å². The maximum absolute atomic E-state index is 8.55. The largest absolute Gasteiger partial charge is 0.256 e. The number of azo groups is 1. The summed E-state index contributed by atoms with van der Waals surface area (Å²) in [5.74, 6) is -0.233. The molecule has 2 aromatic rings. The predicted molar refractivity (Wildman–Crippen MR) is 42.2 cm³/mol. The van der Waals surface area contributed by atoms with Crippen LogP contribution in [-0.2, 0) is 0 Å². The maximum atomic E-state index is 8.55. The van der Waals surface area contributed by atoms with Crippen LogP contribution in [0.4, 0.5) is 11.6 Å². The van der Waals surface area contributed by atoms with Gasteiger partial charge in [0.2, 0.25) is 11.4 Å². The van der Waals surface area contributed by atoms with Gasteiger partial charge in [-0.3, -0.25) is 0 Å². The van der Waals surface area contributed by atoms with Crippen LogP contribution in [0.2, 0.25) is 0 Å². The van der Waals surface area contributed by atoms with Crippen molar-refractivity contribution >= 4 is 11.6 Å². The van der Waals surface area contributed by atoms with Gasteiger partial charge in [0.05, 0.1) is 0 Å². The van der Waals surface area contributed by atoms with Crippen LogP contribution in [0, 0.1) is 22.7 Å². The van der Waals surface area contributed by atoms with E-state index < -0.39 is 0 Å². The summed E-state index contributed by atoms with van der Waals surface area (Å²) in [5, 5.41) is 37.2. The van der Waals surface area contributed by atoms with Gasteiger partial charge in [-0.1, -0.05) is 0 Å². The SMILES string of the molecule is N#Cc1nonc1N=Nc1nonc1C#N. The minimum atomic E-state index is -0.126. The summed E-state index contributed by atoms with van der Waals surface area (Å²) < 4.78 is 8.52. The quantitative estimate of drug-likeness (QED) is 0.662. The van der Waals surface area contributed by atoms with Crippen molar-refractivity contribution in [3.63, 3.8) is 0 Å². The Labute approximate surface area is 86.7 Å².